The van der Waals surface area contributed by atoms with Gasteiger partial charge in [0.25, 0.3) is 0 Å². The molecule has 0 radical (unpaired) electrons. The number of carbonyl (C=O) groups excluding carboxylic acids is 2. The zero-order valence-electron chi connectivity index (χ0n) is 15.0. The van der Waals surface area contributed by atoms with Crippen LogP contribution in [0, 0.1) is 0 Å². The molecule has 8 heteroatoms. The Morgan fingerprint density at radius 2 is 2.11 bits per heavy atom. The maximum Gasteiger partial charge on any atom is 0.326 e. The Hall–Kier alpha value is -2.67. The van der Waals surface area contributed by atoms with Crippen LogP contribution in [0.4, 0.5) is 16.3 Å². The molecule has 1 atom stereocenters. The molecule has 0 saturated carbocycles. The Kier molecular flexibility index (Phi) is 4.70. The molecule has 0 bridgehead atoms. The number of carbonyl (C=O) groups is 2. The van der Waals surface area contributed by atoms with Crippen molar-refractivity contribution in [3.63, 3.8) is 0 Å². The quantitative estimate of drug-likeness (QED) is 0.760. The Bertz CT molecular complexity index is 884. The van der Waals surface area contributed by atoms with Gasteiger partial charge < -0.3 is 9.80 Å². The lowest BCUT2D eigenvalue weighted by atomic mass is 10.1. The SMILES string of the molecule is CN1c2nc(Cc3cccc(Cl)c3)ncc2N(C(=O)N2CCCC2)C1C=O. The van der Waals surface area contributed by atoms with Crippen LogP contribution in [0.15, 0.2) is 30.5 Å². The fourth-order valence-electron chi connectivity index (χ4n) is 3.62. The van der Waals surface area contributed by atoms with Crippen molar-refractivity contribution in [3.05, 3.63) is 46.9 Å². The molecule has 2 amide bonds. The van der Waals surface area contributed by atoms with E-state index in [0.717, 1.165) is 24.7 Å². The third kappa shape index (κ3) is 3.23. The molecule has 27 heavy (non-hydrogen) atoms. The molecule has 0 N–H and O–H groups in total. The molecular weight excluding hydrogens is 366 g/mol. The number of hydrogen-bond acceptors (Lipinski definition) is 5. The van der Waals surface area contributed by atoms with E-state index in [1.54, 1.807) is 23.0 Å². The number of halogens is 1. The summed E-state index contributed by atoms with van der Waals surface area (Å²) in [5, 5.41) is 0.661. The normalized spacial score (nSPS) is 18.7. The van der Waals surface area contributed by atoms with E-state index in [1.165, 1.54) is 4.90 Å². The Morgan fingerprint density at radius 1 is 1.33 bits per heavy atom. The average Bonchev–Trinajstić information content (AvgIpc) is 3.28. The third-order valence-electron chi connectivity index (χ3n) is 5.01. The largest absolute Gasteiger partial charge is 0.331 e. The van der Waals surface area contributed by atoms with Crippen LogP contribution in [0.25, 0.3) is 0 Å². The zero-order valence-corrected chi connectivity index (χ0v) is 15.8. The number of amides is 2. The van der Waals surface area contributed by atoms with Crippen LogP contribution in [0.5, 0.6) is 0 Å². The lowest BCUT2D eigenvalue weighted by Gasteiger charge is -2.28. The summed E-state index contributed by atoms with van der Waals surface area (Å²) >= 11 is 6.05. The van der Waals surface area contributed by atoms with Gasteiger partial charge in [0.2, 0.25) is 0 Å². The van der Waals surface area contributed by atoms with Gasteiger partial charge in [0.15, 0.2) is 18.3 Å². The monoisotopic (exact) mass is 385 g/mol. The highest BCUT2D eigenvalue weighted by Crippen LogP contribution is 2.37. The van der Waals surface area contributed by atoms with Crippen molar-refractivity contribution in [2.24, 2.45) is 0 Å². The first-order valence-electron chi connectivity index (χ1n) is 8.95. The van der Waals surface area contributed by atoms with Crippen molar-refractivity contribution in [2.45, 2.75) is 25.4 Å². The predicted molar refractivity (Wildman–Crippen MR) is 103 cm³/mol. The number of urea groups is 1. The lowest BCUT2D eigenvalue weighted by molar-refractivity contribution is -0.108. The van der Waals surface area contributed by atoms with E-state index in [-0.39, 0.29) is 6.03 Å². The second-order valence-corrected chi connectivity index (χ2v) is 7.25. The predicted octanol–water partition coefficient (Wildman–Crippen LogP) is 2.72. The van der Waals surface area contributed by atoms with Crippen LogP contribution in [0.2, 0.25) is 5.02 Å². The first-order chi connectivity index (χ1) is 13.1. The van der Waals surface area contributed by atoms with Crippen LogP contribution in [-0.4, -0.2) is 53.5 Å². The van der Waals surface area contributed by atoms with Crippen LogP contribution in [0.1, 0.15) is 24.2 Å². The van der Waals surface area contributed by atoms with Gasteiger partial charge in [-0.1, -0.05) is 23.7 Å². The number of anilines is 2. The molecule has 0 aliphatic carbocycles. The van der Waals surface area contributed by atoms with E-state index in [2.05, 4.69) is 9.97 Å². The summed E-state index contributed by atoms with van der Waals surface area (Å²) in [6.07, 6.45) is 4.20. The van der Waals surface area contributed by atoms with E-state index in [9.17, 15) is 9.59 Å². The van der Waals surface area contributed by atoms with Crippen LogP contribution in [0.3, 0.4) is 0 Å². The highest BCUT2D eigenvalue weighted by Gasteiger charge is 2.41. The average molecular weight is 386 g/mol. The smallest absolute Gasteiger partial charge is 0.326 e. The number of benzene rings is 1. The standard InChI is InChI=1S/C19H20ClN5O2/c1-23-17(12-26)25(19(27)24-7-2-3-8-24)15-11-21-16(22-18(15)23)10-13-5-4-6-14(20)9-13/h4-6,9,11-12,17H,2-3,7-8,10H2,1H3. The molecule has 1 aromatic heterocycles. The van der Waals surface area contributed by atoms with Crippen molar-refractivity contribution in [1.82, 2.24) is 14.9 Å². The lowest BCUT2D eigenvalue weighted by Crippen LogP contribution is -2.50. The van der Waals surface area contributed by atoms with Crippen molar-refractivity contribution >= 4 is 35.4 Å². The number of rotatable bonds is 3. The van der Waals surface area contributed by atoms with Crippen molar-refractivity contribution in [1.29, 1.82) is 0 Å². The molecule has 0 spiro atoms. The van der Waals surface area contributed by atoms with Gasteiger partial charge in [-0.3, -0.25) is 9.69 Å². The van der Waals surface area contributed by atoms with E-state index < -0.39 is 6.17 Å². The van der Waals surface area contributed by atoms with E-state index in [4.69, 9.17) is 11.6 Å². The highest BCUT2D eigenvalue weighted by molar-refractivity contribution is 6.30. The minimum atomic E-state index is -0.705. The molecule has 140 valence electrons. The van der Waals surface area contributed by atoms with Gasteiger partial charge in [-0.2, -0.15) is 0 Å². The molecule has 2 aliphatic rings. The van der Waals surface area contributed by atoms with Crippen molar-refractivity contribution in [3.8, 4) is 0 Å². The Morgan fingerprint density at radius 3 is 2.81 bits per heavy atom. The Labute approximate surface area is 162 Å². The minimum absolute atomic E-state index is 0.165. The van der Waals surface area contributed by atoms with E-state index in [1.807, 2.05) is 24.3 Å². The maximum absolute atomic E-state index is 12.9. The molecule has 3 heterocycles. The number of aldehydes is 1. The van der Waals surface area contributed by atoms with Gasteiger partial charge in [-0.05, 0) is 30.5 Å². The minimum Gasteiger partial charge on any atom is -0.331 e. The zero-order chi connectivity index (χ0) is 19.0. The number of nitrogens with zero attached hydrogens (tertiary/aromatic N) is 5. The van der Waals surface area contributed by atoms with Crippen LogP contribution in [-0.2, 0) is 11.2 Å². The summed E-state index contributed by atoms with van der Waals surface area (Å²) in [6, 6.07) is 7.37. The highest BCUT2D eigenvalue weighted by atomic mass is 35.5. The van der Waals surface area contributed by atoms with Crippen LogP contribution < -0.4 is 9.80 Å². The fourth-order valence-corrected chi connectivity index (χ4v) is 3.83. The van der Waals surface area contributed by atoms with Gasteiger partial charge in [-0.15, -0.1) is 0 Å². The summed E-state index contributed by atoms with van der Waals surface area (Å²) < 4.78 is 0. The van der Waals surface area contributed by atoms with E-state index in [0.29, 0.717) is 41.9 Å². The van der Waals surface area contributed by atoms with E-state index >= 15 is 0 Å². The first-order valence-corrected chi connectivity index (χ1v) is 9.33. The van der Waals surface area contributed by atoms with Gasteiger partial charge in [-0.25, -0.2) is 14.8 Å². The molecule has 1 saturated heterocycles. The number of aromatic nitrogens is 2. The summed E-state index contributed by atoms with van der Waals surface area (Å²) in [4.78, 5) is 38.7. The van der Waals surface area contributed by atoms with Crippen LogP contribution >= 0.6 is 11.6 Å². The number of hydrogen-bond donors (Lipinski definition) is 0. The van der Waals surface area contributed by atoms with Gasteiger partial charge in [0.05, 0.1) is 6.20 Å². The molecule has 1 aromatic carbocycles. The maximum atomic E-state index is 12.9. The summed E-state index contributed by atoms with van der Waals surface area (Å²) in [5.41, 5.74) is 1.57. The van der Waals surface area contributed by atoms with Gasteiger partial charge in [0, 0.05) is 31.6 Å². The summed E-state index contributed by atoms with van der Waals surface area (Å²) in [7, 11) is 1.77. The molecule has 7 nitrogen and oxygen atoms in total. The Balaban J connectivity index is 1.65. The second-order valence-electron chi connectivity index (χ2n) is 6.81. The third-order valence-corrected chi connectivity index (χ3v) is 5.25. The number of likely N-dealkylation sites (tertiary alicyclic amines) is 1. The molecule has 2 aromatic rings. The molecule has 1 unspecified atom stereocenters. The number of fused-ring (bicyclic) bond motifs is 1. The summed E-state index contributed by atoms with van der Waals surface area (Å²) in [5.74, 6) is 1.20. The number of likely N-dealkylation sites (N-methyl/N-ethyl adjacent to an activating group) is 1. The fraction of sp³-hybridized carbons (Fsp3) is 0.368. The first kappa shape index (κ1) is 17.7. The molecule has 1 fully saturated rings. The second kappa shape index (κ2) is 7.15. The topological polar surface area (TPSA) is 69.6 Å². The van der Waals surface area contributed by atoms with Gasteiger partial charge in [0.1, 0.15) is 11.5 Å². The van der Waals surface area contributed by atoms with Gasteiger partial charge >= 0.3 is 6.03 Å². The van der Waals surface area contributed by atoms with Crippen molar-refractivity contribution in [2.75, 3.05) is 29.9 Å². The molecule has 2 aliphatic heterocycles. The summed E-state index contributed by atoms with van der Waals surface area (Å²) in [6.45, 7) is 1.43. The molecule has 4 rings (SSSR count). The van der Waals surface area contributed by atoms with Crippen molar-refractivity contribution < 1.29 is 9.59 Å². The molecular formula is C19H20ClN5O2.